The van der Waals surface area contributed by atoms with E-state index in [0.29, 0.717) is 18.7 Å². The Bertz CT molecular complexity index is 1070. The van der Waals surface area contributed by atoms with E-state index in [9.17, 15) is 18.0 Å². The van der Waals surface area contributed by atoms with Crippen molar-refractivity contribution in [2.24, 2.45) is 0 Å². The van der Waals surface area contributed by atoms with Gasteiger partial charge in [-0.25, -0.2) is 8.42 Å². The van der Waals surface area contributed by atoms with Gasteiger partial charge >= 0.3 is 0 Å². The fourth-order valence-corrected chi connectivity index (χ4v) is 5.28. The standard InChI is InChI=1S/C23H30ClN3O4S/c1-5-14-26(16-22(28)25-20-11-9-8-10-17(20)4)23(29)18-12-13-19(24)21(15-18)32(30,31)27(6-2)7-3/h8-13,15H,5-7,14,16H2,1-4H3,(H,25,28). The molecule has 0 spiro atoms. The summed E-state index contributed by atoms with van der Waals surface area (Å²) in [6, 6.07) is 11.6. The number of amides is 2. The van der Waals surface area contributed by atoms with Gasteiger partial charge in [0, 0.05) is 30.9 Å². The fraction of sp³-hybridized carbons (Fsp3) is 0.391. The number of hydrogen-bond donors (Lipinski definition) is 1. The number of carbonyl (C=O) groups is 2. The zero-order chi connectivity index (χ0) is 23.9. The highest BCUT2D eigenvalue weighted by molar-refractivity contribution is 7.89. The quantitative estimate of drug-likeness (QED) is 0.554. The third-order valence-electron chi connectivity index (χ3n) is 5.04. The number of halogens is 1. The summed E-state index contributed by atoms with van der Waals surface area (Å²) >= 11 is 6.18. The van der Waals surface area contributed by atoms with E-state index in [-0.39, 0.29) is 41.0 Å². The number of hydrogen-bond acceptors (Lipinski definition) is 4. The summed E-state index contributed by atoms with van der Waals surface area (Å²) in [5, 5.41) is 2.87. The van der Waals surface area contributed by atoms with Crippen LogP contribution < -0.4 is 5.32 Å². The van der Waals surface area contributed by atoms with E-state index in [1.165, 1.54) is 27.4 Å². The Kier molecular flexibility index (Phi) is 9.24. The van der Waals surface area contributed by atoms with Crippen molar-refractivity contribution in [1.29, 1.82) is 0 Å². The van der Waals surface area contributed by atoms with Crippen molar-refractivity contribution in [2.45, 2.75) is 39.0 Å². The molecule has 0 unspecified atom stereocenters. The third-order valence-corrected chi connectivity index (χ3v) is 7.57. The Labute approximate surface area is 195 Å². The Morgan fingerprint density at radius 3 is 2.28 bits per heavy atom. The van der Waals surface area contributed by atoms with Gasteiger partial charge in [-0.1, -0.05) is 50.6 Å². The van der Waals surface area contributed by atoms with Gasteiger partial charge in [0.25, 0.3) is 5.91 Å². The van der Waals surface area contributed by atoms with Gasteiger partial charge in [0.1, 0.15) is 11.4 Å². The minimum Gasteiger partial charge on any atom is -0.329 e. The van der Waals surface area contributed by atoms with Crippen LogP contribution in [-0.4, -0.2) is 55.6 Å². The number of sulfonamides is 1. The van der Waals surface area contributed by atoms with E-state index in [0.717, 1.165) is 5.56 Å². The summed E-state index contributed by atoms with van der Waals surface area (Å²) in [6.45, 7) is 8.03. The van der Waals surface area contributed by atoms with Crippen LogP contribution >= 0.6 is 11.6 Å². The average molecular weight is 480 g/mol. The maximum absolute atomic E-state index is 13.2. The summed E-state index contributed by atoms with van der Waals surface area (Å²) in [6.07, 6.45) is 0.640. The smallest absolute Gasteiger partial charge is 0.254 e. The van der Waals surface area contributed by atoms with Crippen LogP contribution in [0, 0.1) is 6.92 Å². The molecule has 0 aliphatic carbocycles. The molecule has 0 atom stereocenters. The maximum Gasteiger partial charge on any atom is 0.254 e. The number of anilines is 1. The van der Waals surface area contributed by atoms with Crippen molar-refractivity contribution in [3.8, 4) is 0 Å². The minimum atomic E-state index is -3.84. The van der Waals surface area contributed by atoms with Crippen molar-refractivity contribution >= 4 is 39.1 Å². The van der Waals surface area contributed by atoms with E-state index < -0.39 is 15.9 Å². The van der Waals surface area contributed by atoms with Crippen molar-refractivity contribution in [1.82, 2.24) is 9.21 Å². The SMILES string of the molecule is CCCN(CC(=O)Nc1ccccc1C)C(=O)c1ccc(Cl)c(S(=O)(=O)N(CC)CC)c1. The van der Waals surface area contributed by atoms with E-state index in [1.807, 2.05) is 32.0 Å². The van der Waals surface area contributed by atoms with Crippen molar-refractivity contribution in [3.63, 3.8) is 0 Å². The Morgan fingerprint density at radius 1 is 1.03 bits per heavy atom. The van der Waals surface area contributed by atoms with Crippen LogP contribution in [0.1, 0.15) is 43.1 Å². The second-order valence-corrected chi connectivity index (χ2v) is 9.64. The number of nitrogens with zero attached hydrogens (tertiary/aromatic N) is 2. The summed E-state index contributed by atoms with van der Waals surface area (Å²) in [4.78, 5) is 27.1. The van der Waals surface area contributed by atoms with Gasteiger partial charge in [-0.2, -0.15) is 4.31 Å². The maximum atomic E-state index is 13.2. The largest absolute Gasteiger partial charge is 0.329 e. The van der Waals surface area contributed by atoms with Gasteiger partial charge < -0.3 is 10.2 Å². The molecular formula is C23H30ClN3O4S. The molecule has 0 aliphatic rings. The fourth-order valence-electron chi connectivity index (χ4n) is 3.32. The highest BCUT2D eigenvalue weighted by atomic mass is 35.5. The second kappa shape index (κ2) is 11.4. The molecule has 9 heteroatoms. The molecular weight excluding hydrogens is 450 g/mol. The molecule has 0 radical (unpaired) electrons. The minimum absolute atomic E-state index is 0.0489. The topological polar surface area (TPSA) is 86.8 Å². The molecule has 0 fully saturated rings. The van der Waals surface area contributed by atoms with Crippen LogP contribution in [0.4, 0.5) is 5.69 Å². The van der Waals surface area contributed by atoms with E-state index in [1.54, 1.807) is 19.9 Å². The van der Waals surface area contributed by atoms with Crippen LogP contribution in [-0.2, 0) is 14.8 Å². The van der Waals surface area contributed by atoms with Crippen molar-refractivity contribution in [3.05, 3.63) is 58.6 Å². The Hall–Kier alpha value is -2.42. The number of benzene rings is 2. The predicted octanol–water partition coefficient (Wildman–Crippen LogP) is 4.17. The van der Waals surface area contributed by atoms with Gasteiger partial charge in [0.15, 0.2) is 0 Å². The number of carbonyl (C=O) groups excluding carboxylic acids is 2. The second-order valence-electron chi connectivity index (χ2n) is 7.32. The first-order chi connectivity index (χ1) is 15.1. The molecule has 2 aromatic rings. The van der Waals surface area contributed by atoms with Crippen LogP contribution in [0.5, 0.6) is 0 Å². The monoisotopic (exact) mass is 479 g/mol. The Balaban J connectivity index is 2.30. The first-order valence-electron chi connectivity index (χ1n) is 10.6. The lowest BCUT2D eigenvalue weighted by Crippen LogP contribution is -2.38. The van der Waals surface area contributed by atoms with Gasteiger partial charge in [0.05, 0.1) is 5.02 Å². The normalized spacial score (nSPS) is 11.4. The molecule has 0 bridgehead atoms. The molecule has 0 heterocycles. The Morgan fingerprint density at radius 2 is 1.69 bits per heavy atom. The molecule has 0 saturated heterocycles. The average Bonchev–Trinajstić information content (AvgIpc) is 2.75. The van der Waals surface area contributed by atoms with Gasteiger partial charge in [-0.3, -0.25) is 9.59 Å². The summed E-state index contributed by atoms with van der Waals surface area (Å²) in [5.41, 5.74) is 1.76. The highest BCUT2D eigenvalue weighted by Crippen LogP contribution is 2.26. The van der Waals surface area contributed by atoms with Gasteiger partial charge in [0.2, 0.25) is 15.9 Å². The summed E-state index contributed by atoms with van der Waals surface area (Å²) in [7, 11) is -3.84. The lowest BCUT2D eigenvalue weighted by atomic mass is 10.2. The molecule has 0 aromatic heterocycles. The number of para-hydroxylation sites is 1. The van der Waals surface area contributed by atoms with Gasteiger partial charge in [-0.05, 0) is 43.2 Å². The first kappa shape index (κ1) is 25.8. The van der Waals surface area contributed by atoms with Crippen molar-refractivity contribution < 1.29 is 18.0 Å². The molecule has 0 saturated carbocycles. The summed E-state index contributed by atoms with van der Waals surface area (Å²) < 4.78 is 27.2. The molecule has 0 aliphatic heterocycles. The van der Waals surface area contributed by atoms with Crippen LogP contribution in [0.3, 0.4) is 0 Å². The number of aryl methyl sites for hydroxylation is 1. The third kappa shape index (κ3) is 6.09. The molecule has 2 aromatic carbocycles. The number of nitrogens with one attached hydrogen (secondary N) is 1. The van der Waals surface area contributed by atoms with E-state index in [2.05, 4.69) is 5.32 Å². The zero-order valence-electron chi connectivity index (χ0n) is 18.9. The molecule has 32 heavy (non-hydrogen) atoms. The van der Waals surface area contributed by atoms with Crippen LogP contribution in [0.25, 0.3) is 0 Å². The molecule has 1 N–H and O–H groups in total. The van der Waals surface area contributed by atoms with Crippen LogP contribution in [0.2, 0.25) is 5.02 Å². The van der Waals surface area contributed by atoms with Gasteiger partial charge in [-0.15, -0.1) is 0 Å². The highest BCUT2D eigenvalue weighted by Gasteiger charge is 2.27. The molecule has 174 valence electrons. The van der Waals surface area contributed by atoms with E-state index in [4.69, 9.17) is 11.6 Å². The molecule has 2 amide bonds. The number of rotatable bonds is 10. The van der Waals surface area contributed by atoms with Crippen LogP contribution in [0.15, 0.2) is 47.4 Å². The lowest BCUT2D eigenvalue weighted by Gasteiger charge is -2.23. The molecule has 7 nitrogen and oxygen atoms in total. The summed E-state index contributed by atoms with van der Waals surface area (Å²) in [5.74, 6) is -0.759. The van der Waals surface area contributed by atoms with Crippen molar-refractivity contribution in [2.75, 3.05) is 31.5 Å². The van der Waals surface area contributed by atoms with E-state index >= 15 is 0 Å². The lowest BCUT2D eigenvalue weighted by molar-refractivity contribution is -0.116. The molecule has 2 rings (SSSR count). The predicted molar refractivity (Wildman–Crippen MR) is 128 cm³/mol. The zero-order valence-corrected chi connectivity index (χ0v) is 20.5. The first-order valence-corrected chi connectivity index (χ1v) is 12.4.